The van der Waals surface area contributed by atoms with E-state index in [0.29, 0.717) is 25.9 Å². The van der Waals surface area contributed by atoms with E-state index in [1.807, 2.05) is 4.90 Å². The zero-order chi connectivity index (χ0) is 22.5. The van der Waals surface area contributed by atoms with E-state index >= 15 is 0 Å². The number of piperidine rings is 1. The van der Waals surface area contributed by atoms with Gasteiger partial charge in [-0.25, -0.2) is 14.4 Å². The minimum atomic E-state index is -0.515. The van der Waals surface area contributed by atoms with Crippen molar-refractivity contribution < 1.29 is 18.8 Å². The molecule has 1 aromatic heterocycles. The lowest BCUT2D eigenvalue weighted by Gasteiger charge is -2.33. The molecule has 0 spiro atoms. The fourth-order valence-electron chi connectivity index (χ4n) is 4.31. The first-order valence-corrected chi connectivity index (χ1v) is 11.0. The van der Waals surface area contributed by atoms with Crippen molar-refractivity contribution in [2.45, 2.75) is 44.6 Å². The van der Waals surface area contributed by atoms with E-state index in [0.717, 1.165) is 25.7 Å². The Kier molecular flexibility index (Phi) is 6.72. The van der Waals surface area contributed by atoms with Gasteiger partial charge in [0, 0.05) is 43.0 Å². The molecule has 0 radical (unpaired) electrons. The Hall–Kier alpha value is -3.36. The molecule has 0 bridgehead atoms. The van der Waals surface area contributed by atoms with E-state index in [1.54, 1.807) is 0 Å². The molecule has 4 rings (SSSR count). The minimum Gasteiger partial charge on any atom is -0.348 e. The summed E-state index contributed by atoms with van der Waals surface area (Å²) in [5.74, 6) is -0.961. The van der Waals surface area contributed by atoms with E-state index in [9.17, 15) is 18.8 Å². The number of nitrogens with zero attached hydrogens (tertiary/aromatic N) is 3. The molecule has 1 aliphatic carbocycles. The summed E-state index contributed by atoms with van der Waals surface area (Å²) in [5.41, 5.74) is 0.245. The van der Waals surface area contributed by atoms with Gasteiger partial charge < -0.3 is 15.5 Å². The molecule has 2 aromatic rings. The van der Waals surface area contributed by atoms with Crippen LogP contribution in [0.3, 0.4) is 0 Å². The summed E-state index contributed by atoms with van der Waals surface area (Å²) < 4.78 is 13.1. The second kappa shape index (κ2) is 9.84. The number of rotatable bonds is 5. The van der Waals surface area contributed by atoms with Crippen LogP contribution < -0.4 is 10.6 Å². The maximum absolute atomic E-state index is 13.1. The molecule has 1 aromatic carbocycles. The Morgan fingerprint density at radius 2 is 1.56 bits per heavy atom. The molecule has 1 aliphatic heterocycles. The van der Waals surface area contributed by atoms with E-state index in [1.165, 1.54) is 36.7 Å². The smallest absolute Gasteiger partial charge is 0.273 e. The third-order valence-electron chi connectivity index (χ3n) is 6.10. The molecule has 1 saturated carbocycles. The fraction of sp³-hybridized carbons (Fsp3) is 0.435. The zero-order valence-corrected chi connectivity index (χ0v) is 17.7. The summed E-state index contributed by atoms with van der Waals surface area (Å²) >= 11 is 0. The van der Waals surface area contributed by atoms with Gasteiger partial charge in [-0.3, -0.25) is 14.4 Å². The molecule has 1 saturated heterocycles. The topological polar surface area (TPSA) is 104 Å². The summed E-state index contributed by atoms with van der Waals surface area (Å²) in [6.07, 6.45) is 8.31. The van der Waals surface area contributed by atoms with Gasteiger partial charge in [-0.15, -0.1) is 0 Å². The van der Waals surface area contributed by atoms with Gasteiger partial charge in [0.2, 0.25) is 5.91 Å². The fourth-order valence-corrected chi connectivity index (χ4v) is 4.31. The molecule has 2 N–H and O–H groups in total. The first-order valence-electron chi connectivity index (χ1n) is 11.0. The summed E-state index contributed by atoms with van der Waals surface area (Å²) in [6.45, 7) is 1.24. The van der Waals surface area contributed by atoms with Crippen LogP contribution in [0.15, 0.2) is 36.7 Å². The molecule has 3 amide bonds. The molecule has 8 nitrogen and oxygen atoms in total. The minimum absolute atomic E-state index is 0.00687. The van der Waals surface area contributed by atoms with Crippen LogP contribution in [0.25, 0.3) is 0 Å². The number of anilines is 1. The van der Waals surface area contributed by atoms with Crippen molar-refractivity contribution in [3.05, 3.63) is 53.7 Å². The number of likely N-dealkylation sites (tertiary alicyclic amines) is 1. The highest BCUT2D eigenvalue weighted by molar-refractivity contribution is 6.07. The lowest BCUT2D eigenvalue weighted by molar-refractivity contribution is -0.136. The SMILES string of the molecule is O=C(Nc1nccnc1C(=O)NC1CCN(C(=O)C2CCCC2)CC1)c1ccc(F)cc1. The molecule has 0 unspecified atom stereocenters. The van der Waals surface area contributed by atoms with E-state index < -0.39 is 17.6 Å². The molecule has 2 aliphatic rings. The Bertz CT molecular complexity index is 983. The van der Waals surface area contributed by atoms with E-state index in [2.05, 4.69) is 20.6 Å². The van der Waals surface area contributed by atoms with Crippen molar-refractivity contribution >= 4 is 23.5 Å². The normalized spacial score (nSPS) is 17.2. The first kappa shape index (κ1) is 21.9. The van der Waals surface area contributed by atoms with Crippen molar-refractivity contribution in [1.29, 1.82) is 0 Å². The lowest BCUT2D eigenvalue weighted by Crippen LogP contribution is -2.48. The molecular weight excluding hydrogens is 413 g/mol. The molecule has 2 heterocycles. The number of amides is 3. The Morgan fingerprint density at radius 3 is 2.25 bits per heavy atom. The van der Waals surface area contributed by atoms with Crippen LogP contribution >= 0.6 is 0 Å². The third kappa shape index (κ3) is 5.09. The Balaban J connectivity index is 1.34. The van der Waals surface area contributed by atoms with Gasteiger partial charge in [0.1, 0.15) is 5.82 Å². The molecular formula is C23H26FN5O3. The van der Waals surface area contributed by atoms with Gasteiger partial charge in [-0.1, -0.05) is 12.8 Å². The summed E-state index contributed by atoms with van der Waals surface area (Å²) in [5, 5.41) is 5.51. The van der Waals surface area contributed by atoms with Crippen molar-refractivity contribution in [3.8, 4) is 0 Å². The van der Waals surface area contributed by atoms with Gasteiger partial charge in [0.15, 0.2) is 11.5 Å². The number of hydrogen-bond donors (Lipinski definition) is 2. The van der Waals surface area contributed by atoms with Crippen LogP contribution in [0.5, 0.6) is 0 Å². The summed E-state index contributed by atoms with van der Waals surface area (Å²) in [7, 11) is 0. The number of halogens is 1. The standard InChI is InChI=1S/C23H26FN5O3/c24-17-7-5-15(6-8-17)21(30)28-20-19(25-11-12-26-20)22(31)27-18-9-13-29(14-10-18)23(32)16-3-1-2-4-16/h5-8,11-12,16,18H,1-4,9-10,13-14H2,(H,27,31)(H,26,28,30). The average Bonchev–Trinajstić information content (AvgIpc) is 3.35. The van der Waals surface area contributed by atoms with Crippen molar-refractivity contribution in [1.82, 2.24) is 20.2 Å². The second-order valence-electron chi connectivity index (χ2n) is 8.27. The predicted molar refractivity (Wildman–Crippen MR) is 115 cm³/mol. The lowest BCUT2D eigenvalue weighted by atomic mass is 10.0. The van der Waals surface area contributed by atoms with Gasteiger partial charge in [0.05, 0.1) is 0 Å². The molecule has 32 heavy (non-hydrogen) atoms. The summed E-state index contributed by atoms with van der Waals surface area (Å²) in [6, 6.07) is 4.98. The monoisotopic (exact) mass is 439 g/mol. The zero-order valence-electron chi connectivity index (χ0n) is 17.7. The number of hydrogen-bond acceptors (Lipinski definition) is 5. The molecule has 2 fully saturated rings. The number of nitrogens with one attached hydrogen (secondary N) is 2. The van der Waals surface area contributed by atoms with Crippen LogP contribution in [-0.2, 0) is 4.79 Å². The largest absolute Gasteiger partial charge is 0.348 e. The van der Waals surface area contributed by atoms with Crippen LogP contribution in [0.2, 0.25) is 0 Å². The van der Waals surface area contributed by atoms with Gasteiger partial charge in [-0.2, -0.15) is 0 Å². The van der Waals surface area contributed by atoms with Crippen molar-refractivity contribution in [3.63, 3.8) is 0 Å². The Morgan fingerprint density at radius 1 is 0.906 bits per heavy atom. The van der Waals surface area contributed by atoms with Gasteiger partial charge in [0.25, 0.3) is 11.8 Å². The number of aromatic nitrogens is 2. The quantitative estimate of drug-likeness (QED) is 0.746. The van der Waals surface area contributed by atoms with Crippen LogP contribution in [0.4, 0.5) is 10.2 Å². The highest BCUT2D eigenvalue weighted by atomic mass is 19.1. The molecule has 0 atom stereocenters. The molecule has 9 heteroatoms. The second-order valence-corrected chi connectivity index (χ2v) is 8.27. The number of carbonyl (C=O) groups is 3. The maximum Gasteiger partial charge on any atom is 0.273 e. The molecule has 168 valence electrons. The van der Waals surface area contributed by atoms with Crippen LogP contribution in [0.1, 0.15) is 59.4 Å². The predicted octanol–water partition coefficient (Wildman–Crippen LogP) is 2.78. The van der Waals surface area contributed by atoms with Crippen molar-refractivity contribution in [2.75, 3.05) is 18.4 Å². The number of carbonyl (C=O) groups excluding carboxylic acids is 3. The van der Waals surface area contributed by atoms with Crippen molar-refractivity contribution in [2.24, 2.45) is 5.92 Å². The van der Waals surface area contributed by atoms with Gasteiger partial charge in [-0.05, 0) is 49.9 Å². The number of benzene rings is 1. The third-order valence-corrected chi connectivity index (χ3v) is 6.10. The van der Waals surface area contributed by atoms with Crippen LogP contribution in [0, 0.1) is 11.7 Å². The van der Waals surface area contributed by atoms with E-state index in [4.69, 9.17) is 0 Å². The summed E-state index contributed by atoms with van der Waals surface area (Å²) in [4.78, 5) is 47.9. The van der Waals surface area contributed by atoms with E-state index in [-0.39, 0.29) is 34.9 Å². The Labute approximate surface area is 185 Å². The van der Waals surface area contributed by atoms with Gasteiger partial charge >= 0.3 is 0 Å². The highest BCUT2D eigenvalue weighted by Crippen LogP contribution is 2.27. The highest BCUT2D eigenvalue weighted by Gasteiger charge is 2.31. The van der Waals surface area contributed by atoms with Crippen LogP contribution in [-0.4, -0.2) is 51.7 Å². The average molecular weight is 439 g/mol. The first-order chi connectivity index (χ1) is 15.5. The maximum atomic E-state index is 13.1.